The lowest BCUT2D eigenvalue weighted by Crippen LogP contribution is -2.44. The highest BCUT2D eigenvalue weighted by Gasteiger charge is 2.48. The highest BCUT2D eigenvalue weighted by molar-refractivity contribution is 6.00. The lowest BCUT2D eigenvalue weighted by molar-refractivity contribution is -0.136. The Morgan fingerprint density at radius 2 is 1.89 bits per heavy atom. The van der Waals surface area contributed by atoms with Gasteiger partial charge in [0.1, 0.15) is 6.26 Å². The third-order valence-electron chi connectivity index (χ3n) is 5.47. The number of oxazole rings is 1. The van der Waals surface area contributed by atoms with E-state index in [0.717, 1.165) is 22.0 Å². The predicted molar refractivity (Wildman–Crippen MR) is 126 cm³/mol. The molecule has 0 aliphatic heterocycles. The molecule has 1 amide bonds. The number of hydrogen-bond acceptors (Lipinski definition) is 9. The van der Waals surface area contributed by atoms with E-state index in [9.17, 15) is 4.79 Å². The third-order valence-corrected chi connectivity index (χ3v) is 5.47. The molecule has 10 nitrogen and oxygen atoms in total. The maximum atomic E-state index is 13.8. The number of methoxy groups -OCH3 is 2. The van der Waals surface area contributed by atoms with Gasteiger partial charge < -0.3 is 19.2 Å². The van der Waals surface area contributed by atoms with Crippen molar-refractivity contribution in [1.29, 1.82) is 0 Å². The van der Waals surface area contributed by atoms with E-state index in [0.29, 0.717) is 11.6 Å². The normalized spacial score (nSPS) is 12.7. The van der Waals surface area contributed by atoms with E-state index in [1.165, 1.54) is 32.9 Å². The van der Waals surface area contributed by atoms with Crippen molar-refractivity contribution < 1.29 is 18.7 Å². The van der Waals surface area contributed by atoms with Crippen molar-refractivity contribution in [2.45, 2.75) is 5.60 Å². The third kappa shape index (κ3) is 3.96. The van der Waals surface area contributed by atoms with E-state index in [2.05, 4.69) is 30.2 Å². The van der Waals surface area contributed by atoms with Gasteiger partial charge in [-0.2, -0.15) is 0 Å². The number of fused-ring (bicyclic) bond motifs is 1. The average molecular weight is 468 g/mol. The Morgan fingerprint density at radius 1 is 1.00 bits per heavy atom. The molecule has 1 N–H and O–H groups in total. The molecule has 0 radical (unpaired) electrons. The molecule has 0 aliphatic carbocycles. The molecular weight excluding hydrogens is 448 g/mol. The van der Waals surface area contributed by atoms with Gasteiger partial charge in [0, 0.05) is 54.5 Å². The number of anilines is 1. The minimum Gasteiger partial charge on any atom is -0.481 e. The Kier molecular flexibility index (Phi) is 5.86. The van der Waals surface area contributed by atoms with Gasteiger partial charge in [-0.3, -0.25) is 19.7 Å². The number of nitrogens with zero attached hydrogens (tertiary/aromatic N) is 5. The molecular formula is C25H20N6O4. The summed E-state index contributed by atoms with van der Waals surface area (Å²) in [7, 11) is 2.87. The van der Waals surface area contributed by atoms with Gasteiger partial charge in [-0.05, 0) is 24.3 Å². The van der Waals surface area contributed by atoms with Crippen LogP contribution in [-0.4, -0.2) is 45.0 Å². The maximum Gasteiger partial charge on any atom is 0.272 e. The van der Waals surface area contributed by atoms with Crippen molar-refractivity contribution in [3.05, 3.63) is 91.4 Å². The first-order chi connectivity index (χ1) is 17.2. The van der Waals surface area contributed by atoms with Crippen LogP contribution in [0.1, 0.15) is 11.6 Å². The number of carbonyl (C=O) groups excluding carboxylic acids is 1. The van der Waals surface area contributed by atoms with Crippen LogP contribution in [0.3, 0.4) is 0 Å². The summed E-state index contributed by atoms with van der Waals surface area (Å²) in [6, 6.07) is 10.6. The van der Waals surface area contributed by atoms with Crippen LogP contribution in [0.4, 0.5) is 5.69 Å². The van der Waals surface area contributed by atoms with Crippen LogP contribution >= 0.6 is 0 Å². The van der Waals surface area contributed by atoms with Crippen molar-refractivity contribution in [3.8, 4) is 17.0 Å². The first-order valence-electron chi connectivity index (χ1n) is 10.6. The zero-order valence-corrected chi connectivity index (χ0v) is 18.9. The molecule has 0 aliphatic rings. The topological polar surface area (TPSA) is 125 Å². The number of aromatic nitrogens is 5. The summed E-state index contributed by atoms with van der Waals surface area (Å²) in [5, 5.41) is 3.76. The Morgan fingerprint density at radius 3 is 2.69 bits per heavy atom. The maximum absolute atomic E-state index is 13.8. The largest absolute Gasteiger partial charge is 0.481 e. The summed E-state index contributed by atoms with van der Waals surface area (Å²) in [5.74, 6) is -0.246. The van der Waals surface area contributed by atoms with Crippen LogP contribution in [0, 0.1) is 0 Å². The second-order valence-corrected chi connectivity index (χ2v) is 7.47. The zero-order valence-electron chi connectivity index (χ0n) is 18.9. The smallest absolute Gasteiger partial charge is 0.272 e. The fraction of sp³-hybridized carbons (Fsp3) is 0.120. The number of amides is 1. The van der Waals surface area contributed by atoms with Crippen molar-refractivity contribution in [2.75, 3.05) is 19.5 Å². The molecule has 35 heavy (non-hydrogen) atoms. The van der Waals surface area contributed by atoms with E-state index in [4.69, 9.17) is 13.9 Å². The van der Waals surface area contributed by atoms with Crippen LogP contribution in [0.5, 0.6) is 5.88 Å². The van der Waals surface area contributed by atoms with Gasteiger partial charge in [0.15, 0.2) is 0 Å². The first kappa shape index (κ1) is 22.1. The van der Waals surface area contributed by atoms with Gasteiger partial charge in [-0.25, -0.2) is 9.97 Å². The van der Waals surface area contributed by atoms with Crippen molar-refractivity contribution in [3.63, 3.8) is 0 Å². The number of nitrogens with one attached hydrogen (secondary N) is 1. The minimum atomic E-state index is -1.78. The van der Waals surface area contributed by atoms with Gasteiger partial charge in [0.25, 0.3) is 11.5 Å². The summed E-state index contributed by atoms with van der Waals surface area (Å²) in [5.41, 5.74) is 1.18. The van der Waals surface area contributed by atoms with Crippen LogP contribution in [0.15, 0.2) is 84.3 Å². The van der Waals surface area contributed by atoms with Crippen LogP contribution in [0.25, 0.3) is 22.0 Å². The van der Waals surface area contributed by atoms with Gasteiger partial charge in [0.2, 0.25) is 11.8 Å². The molecule has 1 atom stereocenters. The summed E-state index contributed by atoms with van der Waals surface area (Å²) >= 11 is 0. The number of carbonyl (C=O) groups is 1. The van der Waals surface area contributed by atoms with E-state index in [-0.39, 0.29) is 11.6 Å². The average Bonchev–Trinajstić information content (AvgIpc) is 3.45. The highest BCUT2D eigenvalue weighted by Crippen LogP contribution is 2.34. The van der Waals surface area contributed by atoms with Crippen LogP contribution < -0.4 is 10.1 Å². The van der Waals surface area contributed by atoms with Crippen molar-refractivity contribution >= 4 is 22.5 Å². The first-order valence-corrected chi connectivity index (χ1v) is 10.6. The predicted octanol–water partition coefficient (Wildman–Crippen LogP) is 3.61. The Labute approximate surface area is 200 Å². The summed E-state index contributed by atoms with van der Waals surface area (Å²) in [6.07, 6.45) is 11.2. The van der Waals surface area contributed by atoms with E-state index < -0.39 is 11.5 Å². The Hall–Kier alpha value is -4.70. The highest BCUT2D eigenvalue weighted by atomic mass is 16.5. The molecule has 0 saturated carbocycles. The Balaban J connectivity index is 1.55. The zero-order chi connectivity index (χ0) is 24.3. The Bertz CT molecular complexity index is 1490. The summed E-state index contributed by atoms with van der Waals surface area (Å²) in [4.78, 5) is 35.4. The molecule has 174 valence electrons. The SMILES string of the molecule is COc1cccc([C@](OC)(C(=O)Nc2cncc(-c3cncc4cccnc34)c2)c2ncco2)n1. The van der Waals surface area contributed by atoms with Gasteiger partial charge in [-0.15, -0.1) is 0 Å². The molecule has 0 bridgehead atoms. The van der Waals surface area contributed by atoms with Crippen molar-refractivity contribution in [2.24, 2.45) is 0 Å². The van der Waals surface area contributed by atoms with Gasteiger partial charge in [-0.1, -0.05) is 6.07 Å². The molecule has 5 rings (SSSR count). The molecule has 0 unspecified atom stereocenters. The molecule has 5 aromatic heterocycles. The molecule has 10 heteroatoms. The van der Waals surface area contributed by atoms with E-state index in [1.807, 2.05) is 12.1 Å². The fourth-order valence-corrected chi connectivity index (χ4v) is 3.82. The van der Waals surface area contributed by atoms with Gasteiger partial charge in [0.05, 0.1) is 36.4 Å². The molecule has 0 aromatic carbocycles. The number of ether oxygens (including phenoxy) is 2. The van der Waals surface area contributed by atoms with Gasteiger partial charge >= 0.3 is 0 Å². The molecule has 5 heterocycles. The van der Waals surface area contributed by atoms with Crippen LogP contribution in [0.2, 0.25) is 0 Å². The second kappa shape index (κ2) is 9.27. The minimum absolute atomic E-state index is 0.0184. The second-order valence-electron chi connectivity index (χ2n) is 7.47. The molecule has 0 fully saturated rings. The van der Waals surface area contributed by atoms with Crippen LogP contribution in [-0.2, 0) is 15.1 Å². The van der Waals surface area contributed by atoms with Crippen molar-refractivity contribution in [1.82, 2.24) is 24.9 Å². The lowest BCUT2D eigenvalue weighted by atomic mass is 9.96. The summed E-state index contributed by atoms with van der Waals surface area (Å²) < 4.78 is 16.5. The fourth-order valence-electron chi connectivity index (χ4n) is 3.82. The number of rotatable bonds is 7. The monoisotopic (exact) mass is 468 g/mol. The molecule has 0 spiro atoms. The lowest BCUT2D eigenvalue weighted by Gasteiger charge is -2.27. The quantitative estimate of drug-likeness (QED) is 0.381. The number of pyridine rings is 4. The molecule has 5 aromatic rings. The van der Waals surface area contributed by atoms with E-state index >= 15 is 0 Å². The van der Waals surface area contributed by atoms with E-state index in [1.54, 1.807) is 49.1 Å². The summed E-state index contributed by atoms with van der Waals surface area (Å²) in [6.45, 7) is 0. The standard InChI is InChI=1S/C25H20N6O4/c1-33-21-7-3-6-20(31-21)25(34-2,24-29-9-10-35-24)23(32)30-18-11-17(13-26-14-18)19-15-27-12-16-5-4-8-28-22(16)19/h3-15H,1-2H3,(H,30,32)/t25-/m0/s1. The molecule has 0 saturated heterocycles. The number of hydrogen-bond donors (Lipinski definition) is 1.